The van der Waals surface area contributed by atoms with Gasteiger partial charge in [0.15, 0.2) is 11.5 Å². The number of ether oxygens (including phenoxy) is 2. The van der Waals surface area contributed by atoms with Gasteiger partial charge in [-0.3, -0.25) is 0 Å². The van der Waals surface area contributed by atoms with Crippen molar-refractivity contribution in [2.75, 3.05) is 19.8 Å². The summed E-state index contributed by atoms with van der Waals surface area (Å²) in [5, 5.41) is 0. The average Bonchev–Trinajstić information content (AvgIpc) is 2.53. The fraction of sp³-hybridized carbons (Fsp3) is 0.600. The van der Waals surface area contributed by atoms with Crippen LogP contribution in [0.15, 0.2) is 23.1 Å². The van der Waals surface area contributed by atoms with Crippen LogP contribution >= 0.6 is 0 Å². The molecule has 3 rings (SSSR count). The van der Waals surface area contributed by atoms with Crippen molar-refractivity contribution in [3.63, 3.8) is 0 Å². The molecule has 1 saturated carbocycles. The highest BCUT2D eigenvalue weighted by Gasteiger charge is 2.21. The van der Waals surface area contributed by atoms with E-state index in [0.717, 1.165) is 12.8 Å². The van der Waals surface area contributed by atoms with E-state index in [0.29, 0.717) is 37.2 Å². The van der Waals surface area contributed by atoms with Crippen LogP contribution in [-0.2, 0) is 10.0 Å². The standard InChI is InChI=1S/C15H21NO4S/c17-21(18,16-11-12-4-2-1-3-5-12)13-6-7-14-15(10-13)20-9-8-19-14/h6-7,10,12,16H,1-5,8-9,11H2. The molecule has 1 aromatic rings. The summed E-state index contributed by atoms with van der Waals surface area (Å²) in [6.45, 7) is 1.47. The molecule has 0 amide bonds. The Kier molecular flexibility index (Phi) is 4.35. The van der Waals surface area contributed by atoms with E-state index in [1.54, 1.807) is 12.1 Å². The van der Waals surface area contributed by atoms with Crippen LogP contribution in [0.4, 0.5) is 0 Å². The van der Waals surface area contributed by atoms with Crippen LogP contribution in [0.25, 0.3) is 0 Å². The van der Waals surface area contributed by atoms with Crippen molar-refractivity contribution in [3.8, 4) is 11.5 Å². The second-order valence-corrected chi connectivity index (χ2v) is 7.43. The molecular weight excluding hydrogens is 290 g/mol. The van der Waals surface area contributed by atoms with Crippen LogP contribution in [0, 0.1) is 5.92 Å². The summed E-state index contributed by atoms with van der Waals surface area (Å²) in [7, 11) is -3.48. The second-order valence-electron chi connectivity index (χ2n) is 5.66. The molecular formula is C15H21NO4S. The maximum absolute atomic E-state index is 12.4. The number of hydrogen-bond donors (Lipinski definition) is 1. The van der Waals surface area contributed by atoms with Crippen LogP contribution < -0.4 is 14.2 Å². The van der Waals surface area contributed by atoms with E-state index in [1.807, 2.05) is 0 Å². The van der Waals surface area contributed by atoms with Crippen molar-refractivity contribution in [1.29, 1.82) is 0 Å². The lowest BCUT2D eigenvalue weighted by Gasteiger charge is -2.22. The molecule has 1 N–H and O–H groups in total. The second kappa shape index (κ2) is 6.23. The minimum absolute atomic E-state index is 0.238. The molecule has 0 spiro atoms. The summed E-state index contributed by atoms with van der Waals surface area (Å²) in [5.74, 6) is 1.57. The lowest BCUT2D eigenvalue weighted by molar-refractivity contribution is 0.171. The van der Waals surface area contributed by atoms with Gasteiger partial charge in [-0.1, -0.05) is 19.3 Å². The van der Waals surface area contributed by atoms with Gasteiger partial charge < -0.3 is 9.47 Å². The molecule has 1 heterocycles. The molecule has 2 aliphatic rings. The quantitative estimate of drug-likeness (QED) is 0.927. The summed E-state index contributed by atoms with van der Waals surface area (Å²) < 4.78 is 38.3. The highest BCUT2D eigenvalue weighted by molar-refractivity contribution is 7.89. The Morgan fingerprint density at radius 2 is 1.76 bits per heavy atom. The maximum atomic E-state index is 12.4. The molecule has 0 bridgehead atoms. The zero-order chi connectivity index (χ0) is 14.7. The van der Waals surface area contributed by atoms with Crippen LogP contribution in [0.1, 0.15) is 32.1 Å². The van der Waals surface area contributed by atoms with E-state index < -0.39 is 10.0 Å². The normalized spacial score (nSPS) is 19.4. The minimum Gasteiger partial charge on any atom is -0.486 e. The van der Waals surface area contributed by atoms with E-state index in [-0.39, 0.29) is 4.90 Å². The van der Waals surface area contributed by atoms with Crippen molar-refractivity contribution in [2.45, 2.75) is 37.0 Å². The first-order chi connectivity index (χ1) is 10.1. The van der Waals surface area contributed by atoms with E-state index >= 15 is 0 Å². The zero-order valence-corrected chi connectivity index (χ0v) is 12.8. The highest BCUT2D eigenvalue weighted by atomic mass is 32.2. The van der Waals surface area contributed by atoms with E-state index in [4.69, 9.17) is 9.47 Å². The third-order valence-corrected chi connectivity index (χ3v) is 5.53. The lowest BCUT2D eigenvalue weighted by Crippen LogP contribution is -2.30. The molecule has 21 heavy (non-hydrogen) atoms. The summed E-state index contributed by atoms with van der Waals surface area (Å²) in [6, 6.07) is 4.76. The van der Waals surface area contributed by atoms with Crippen molar-refractivity contribution < 1.29 is 17.9 Å². The number of fused-ring (bicyclic) bond motifs is 1. The molecule has 0 unspecified atom stereocenters. The smallest absolute Gasteiger partial charge is 0.240 e. The largest absolute Gasteiger partial charge is 0.486 e. The fourth-order valence-corrected chi connectivity index (χ4v) is 4.02. The number of nitrogens with one attached hydrogen (secondary N) is 1. The van der Waals surface area contributed by atoms with Gasteiger partial charge in [0.2, 0.25) is 10.0 Å². The molecule has 116 valence electrons. The summed E-state index contributed by atoms with van der Waals surface area (Å²) >= 11 is 0. The molecule has 5 nitrogen and oxygen atoms in total. The highest BCUT2D eigenvalue weighted by Crippen LogP contribution is 2.32. The Morgan fingerprint density at radius 1 is 1.05 bits per heavy atom. The third kappa shape index (κ3) is 3.49. The van der Waals surface area contributed by atoms with Gasteiger partial charge in [-0.2, -0.15) is 0 Å². The molecule has 0 radical (unpaired) electrons. The van der Waals surface area contributed by atoms with Crippen LogP contribution in [0.3, 0.4) is 0 Å². The van der Waals surface area contributed by atoms with Crippen molar-refractivity contribution in [3.05, 3.63) is 18.2 Å². The minimum atomic E-state index is -3.48. The SMILES string of the molecule is O=S(=O)(NCC1CCCCC1)c1ccc2c(c1)OCCO2. The van der Waals surface area contributed by atoms with Crippen molar-refractivity contribution in [2.24, 2.45) is 5.92 Å². The third-order valence-electron chi connectivity index (χ3n) is 4.11. The maximum Gasteiger partial charge on any atom is 0.240 e. The van der Waals surface area contributed by atoms with E-state index in [2.05, 4.69) is 4.72 Å². The first-order valence-electron chi connectivity index (χ1n) is 7.54. The Labute approximate surface area is 125 Å². The number of hydrogen-bond acceptors (Lipinski definition) is 4. The van der Waals surface area contributed by atoms with Crippen molar-refractivity contribution >= 4 is 10.0 Å². The summed E-state index contributed by atoms with van der Waals surface area (Å²) in [4.78, 5) is 0.238. The lowest BCUT2D eigenvalue weighted by atomic mass is 9.90. The fourth-order valence-electron chi connectivity index (χ4n) is 2.89. The molecule has 0 aromatic heterocycles. The van der Waals surface area contributed by atoms with Gasteiger partial charge in [-0.15, -0.1) is 0 Å². The van der Waals surface area contributed by atoms with E-state index in [9.17, 15) is 8.42 Å². The molecule has 0 saturated heterocycles. The number of benzene rings is 1. The van der Waals surface area contributed by atoms with Crippen LogP contribution in [0.2, 0.25) is 0 Å². The predicted octanol–water partition coefficient (Wildman–Crippen LogP) is 2.32. The van der Waals surface area contributed by atoms with Gasteiger partial charge in [0, 0.05) is 12.6 Å². The van der Waals surface area contributed by atoms with Crippen LogP contribution in [-0.4, -0.2) is 28.2 Å². The van der Waals surface area contributed by atoms with Gasteiger partial charge >= 0.3 is 0 Å². The molecule has 1 aromatic carbocycles. The number of sulfonamides is 1. The number of rotatable bonds is 4. The summed E-state index contributed by atoms with van der Waals surface area (Å²) in [6.07, 6.45) is 5.91. The Bertz CT molecular complexity index is 594. The molecule has 1 aliphatic carbocycles. The van der Waals surface area contributed by atoms with E-state index in [1.165, 1.54) is 25.3 Å². The first-order valence-corrected chi connectivity index (χ1v) is 9.03. The molecule has 1 fully saturated rings. The monoisotopic (exact) mass is 311 g/mol. The Hall–Kier alpha value is -1.27. The first kappa shape index (κ1) is 14.7. The zero-order valence-electron chi connectivity index (χ0n) is 12.0. The van der Waals surface area contributed by atoms with Crippen molar-refractivity contribution in [1.82, 2.24) is 4.72 Å². The summed E-state index contributed by atoms with van der Waals surface area (Å²) in [5.41, 5.74) is 0. The Balaban J connectivity index is 1.69. The molecule has 1 aliphatic heterocycles. The topological polar surface area (TPSA) is 64.6 Å². The molecule has 6 heteroatoms. The van der Waals surface area contributed by atoms with Gasteiger partial charge in [-0.25, -0.2) is 13.1 Å². The van der Waals surface area contributed by atoms with Gasteiger partial charge in [0.1, 0.15) is 13.2 Å². The van der Waals surface area contributed by atoms with Gasteiger partial charge in [0.25, 0.3) is 0 Å². The van der Waals surface area contributed by atoms with Crippen LogP contribution in [0.5, 0.6) is 11.5 Å². The predicted molar refractivity (Wildman–Crippen MR) is 79.2 cm³/mol. The molecule has 0 atom stereocenters. The van der Waals surface area contributed by atoms with Gasteiger partial charge in [0.05, 0.1) is 4.90 Å². The van der Waals surface area contributed by atoms with Gasteiger partial charge in [-0.05, 0) is 30.9 Å². The Morgan fingerprint density at radius 3 is 2.52 bits per heavy atom. The average molecular weight is 311 g/mol.